The standard InChI is InChI=1S/C22H25ClN2O2/c23-18-7-9-20(10-8-18)27-21-11-6-17(15-24-21)22(26)16-3-2-13-25(14-12-16)19-4-1-5-19/h6-11,15-16,19H,1-5,12-14H2. The van der Waals surface area contributed by atoms with Crippen LogP contribution in [0.3, 0.4) is 0 Å². The summed E-state index contributed by atoms with van der Waals surface area (Å²) < 4.78 is 5.71. The van der Waals surface area contributed by atoms with Gasteiger partial charge in [0, 0.05) is 34.8 Å². The molecule has 1 saturated heterocycles. The number of likely N-dealkylation sites (tertiary alicyclic amines) is 1. The van der Waals surface area contributed by atoms with E-state index in [1.807, 2.05) is 6.07 Å². The number of ether oxygens (including phenoxy) is 1. The third-order valence-electron chi connectivity index (χ3n) is 5.78. The monoisotopic (exact) mass is 384 g/mol. The normalized spacial score (nSPS) is 21.3. The first-order valence-electron chi connectivity index (χ1n) is 9.87. The van der Waals surface area contributed by atoms with E-state index in [0.717, 1.165) is 38.4 Å². The Bertz CT molecular complexity index is 772. The molecular formula is C22H25ClN2O2. The number of hydrogen-bond donors (Lipinski definition) is 0. The van der Waals surface area contributed by atoms with Gasteiger partial charge in [-0.05, 0) is 75.5 Å². The maximum absolute atomic E-state index is 12.9. The van der Waals surface area contributed by atoms with Crippen molar-refractivity contribution in [2.75, 3.05) is 13.1 Å². The quantitative estimate of drug-likeness (QED) is 0.650. The highest BCUT2D eigenvalue weighted by atomic mass is 35.5. The molecule has 1 aliphatic heterocycles. The molecule has 1 aromatic heterocycles. The van der Waals surface area contributed by atoms with E-state index in [1.54, 1.807) is 36.5 Å². The molecule has 2 aliphatic rings. The molecule has 1 atom stereocenters. The second-order valence-corrected chi connectivity index (χ2v) is 7.99. The molecule has 1 aromatic carbocycles. The lowest BCUT2D eigenvalue weighted by Gasteiger charge is -2.36. The van der Waals surface area contributed by atoms with Crippen molar-refractivity contribution in [1.82, 2.24) is 9.88 Å². The Labute approximate surface area is 165 Å². The molecule has 2 aromatic rings. The SMILES string of the molecule is O=C(c1ccc(Oc2ccc(Cl)cc2)nc1)C1CCCN(C2CCC2)CC1. The number of carbonyl (C=O) groups excluding carboxylic acids is 1. The largest absolute Gasteiger partial charge is 0.439 e. The molecule has 4 rings (SSSR count). The van der Waals surface area contributed by atoms with Crippen molar-refractivity contribution in [3.05, 3.63) is 53.2 Å². The average Bonchev–Trinajstić information content (AvgIpc) is 2.88. The maximum Gasteiger partial charge on any atom is 0.219 e. The van der Waals surface area contributed by atoms with E-state index in [-0.39, 0.29) is 11.7 Å². The molecule has 4 nitrogen and oxygen atoms in total. The van der Waals surface area contributed by atoms with Gasteiger partial charge in [0.05, 0.1) is 0 Å². The van der Waals surface area contributed by atoms with Gasteiger partial charge in [-0.1, -0.05) is 18.0 Å². The molecule has 1 aliphatic carbocycles. The molecule has 27 heavy (non-hydrogen) atoms. The number of hydrogen-bond acceptors (Lipinski definition) is 4. The van der Waals surface area contributed by atoms with E-state index < -0.39 is 0 Å². The van der Waals surface area contributed by atoms with Crippen molar-refractivity contribution in [3.8, 4) is 11.6 Å². The Kier molecular flexibility index (Phi) is 5.74. The molecule has 1 unspecified atom stereocenters. The van der Waals surface area contributed by atoms with E-state index in [4.69, 9.17) is 16.3 Å². The lowest BCUT2D eigenvalue weighted by molar-refractivity contribution is 0.0898. The summed E-state index contributed by atoms with van der Waals surface area (Å²) in [5.41, 5.74) is 0.681. The molecule has 0 N–H and O–H groups in total. The lowest BCUT2D eigenvalue weighted by Crippen LogP contribution is -2.40. The summed E-state index contributed by atoms with van der Waals surface area (Å²) in [5, 5.41) is 0.663. The summed E-state index contributed by atoms with van der Waals surface area (Å²) >= 11 is 5.88. The van der Waals surface area contributed by atoms with Gasteiger partial charge in [0.25, 0.3) is 0 Å². The second kappa shape index (κ2) is 8.41. The summed E-state index contributed by atoms with van der Waals surface area (Å²) in [7, 11) is 0. The van der Waals surface area contributed by atoms with Gasteiger partial charge in [-0.15, -0.1) is 0 Å². The van der Waals surface area contributed by atoms with Crippen LogP contribution in [-0.2, 0) is 0 Å². The molecule has 0 spiro atoms. The van der Waals surface area contributed by atoms with E-state index >= 15 is 0 Å². The number of rotatable bonds is 5. The number of carbonyl (C=O) groups is 1. The zero-order valence-electron chi connectivity index (χ0n) is 15.4. The zero-order chi connectivity index (χ0) is 18.6. The van der Waals surface area contributed by atoms with Gasteiger partial charge in [0.2, 0.25) is 5.88 Å². The van der Waals surface area contributed by atoms with Crippen LogP contribution in [0.4, 0.5) is 0 Å². The van der Waals surface area contributed by atoms with Crippen LogP contribution in [0.5, 0.6) is 11.6 Å². The van der Waals surface area contributed by atoms with Gasteiger partial charge >= 0.3 is 0 Å². The van der Waals surface area contributed by atoms with Gasteiger partial charge in [-0.3, -0.25) is 4.79 Å². The van der Waals surface area contributed by atoms with Crippen LogP contribution in [0, 0.1) is 5.92 Å². The minimum absolute atomic E-state index is 0.111. The molecule has 1 saturated carbocycles. The summed E-state index contributed by atoms with van der Waals surface area (Å²) in [6.45, 7) is 2.19. The Hall–Kier alpha value is -1.91. The Morgan fingerprint density at radius 1 is 1.00 bits per heavy atom. The van der Waals surface area contributed by atoms with E-state index in [1.165, 1.54) is 19.3 Å². The first-order chi connectivity index (χ1) is 13.2. The minimum Gasteiger partial charge on any atom is -0.439 e. The highest BCUT2D eigenvalue weighted by molar-refractivity contribution is 6.30. The van der Waals surface area contributed by atoms with Crippen LogP contribution in [0.2, 0.25) is 5.02 Å². The fourth-order valence-corrected chi connectivity index (χ4v) is 4.07. The molecule has 0 amide bonds. The van der Waals surface area contributed by atoms with Gasteiger partial charge in [-0.2, -0.15) is 0 Å². The number of aromatic nitrogens is 1. The number of Topliss-reactive ketones (excluding diaryl/α,β-unsaturated/α-hetero) is 1. The second-order valence-electron chi connectivity index (χ2n) is 7.55. The summed E-state index contributed by atoms with van der Waals surface area (Å²) in [6.07, 6.45) is 8.71. The number of pyridine rings is 1. The van der Waals surface area contributed by atoms with Crippen LogP contribution in [-0.4, -0.2) is 34.8 Å². The van der Waals surface area contributed by atoms with Crippen molar-refractivity contribution in [1.29, 1.82) is 0 Å². The molecule has 0 bridgehead atoms. The number of benzene rings is 1. The van der Waals surface area contributed by atoms with Crippen molar-refractivity contribution >= 4 is 17.4 Å². The van der Waals surface area contributed by atoms with Gasteiger partial charge in [0.15, 0.2) is 5.78 Å². The van der Waals surface area contributed by atoms with Crippen LogP contribution >= 0.6 is 11.6 Å². The van der Waals surface area contributed by atoms with Crippen LogP contribution in [0.25, 0.3) is 0 Å². The van der Waals surface area contributed by atoms with Gasteiger partial charge in [-0.25, -0.2) is 4.98 Å². The highest BCUT2D eigenvalue weighted by Crippen LogP contribution is 2.30. The number of nitrogens with zero attached hydrogens (tertiary/aromatic N) is 2. The Morgan fingerprint density at radius 2 is 1.81 bits per heavy atom. The van der Waals surface area contributed by atoms with Crippen molar-refractivity contribution in [2.24, 2.45) is 5.92 Å². The van der Waals surface area contributed by atoms with Crippen molar-refractivity contribution < 1.29 is 9.53 Å². The van der Waals surface area contributed by atoms with Crippen LogP contribution in [0.15, 0.2) is 42.6 Å². The third kappa shape index (κ3) is 4.50. The molecule has 5 heteroatoms. The number of halogens is 1. The van der Waals surface area contributed by atoms with Gasteiger partial charge < -0.3 is 9.64 Å². The summed E-state index contributed by atoms with van der Waals surface area (Å²) in [5.74, 6) is 1.48. The Balaban J connectivity index is 1.36. The lowest BCUT2D eigenvalue weighted by atomic mass is 9.91. The first kappa shape index (κ1) is 18.5. The summed E-state index contributed by atoms with van der Waals surface area (Å²) in [6, 6.07) is 11.5. The van der Waals surface area contributed by atoms with Crippen molar-refractivity contribution in [3.63, 3.8) is 0 Å². The topological polar surface area (TPSA) is 42.4 Å². The fourth-order valence-electron chi connectivity index (χ4n) is 3.94. The van der Waals surface area contributed by atoms with Gasteiger partial charge in [0.1, 0.15) is 5.75 Å². The highest BCUT2D eigenvalue weighted by Gasteiger charge is 2.29. The predicted molar refractivity (Wildman–Crippen MR) is 107 cm³/mol. The molecule has 142 valence electrons. The predicted octanol–water partition coefficient (Wildman–Crippen LogP) is 5.36. The average molecular weight is 385 g/mol. The van der Waals surface area contributed by atoms with E-state index in [2.05, 4.69) is 9.88 Å². The van der Waals surface area contributed by atoms with Crippen LogP contribution < -0.4 is 4.74 Å². The molecule has 0 radical (unpaired) electrons. The molecule has 2 fully saturated rings. The molecular weight excluding hydrogens is 360 g/mol. The summed E-state index contributed by atoms with van der Waals surface area (Å²) in [4.78, 5) is 19.8. The van der Waals surface area contributed by atoms with Crippen LogP contribution in [0.1, 0.15) is 48.9 Å². The first-order valence-corrected chi connectivity index (χ1v) is 10.2. The number of ketones is 1. The fraction of sp³-hybridized carbons (Fsp3) is 0.455. The van der Waals surface area contributed by atoms with E-state index in [0.29, 0.717) is 22.2 Å². The van der Waals surface area contributed by atoms with E-state index in [9.17, 15) is 4.79 Å². The Morgan fingerprint density at radius 3 is 2.48 bits per heavy atom. The maximum atomic E-state index is 12.9. The third-order valence-corrected chi connectivity index (χ3v) is 6.03. The molecule has 2 heterocycles. The van der Waals surface area contributed by atoms with Crippen molar-refractivity contribution in [2.45, 2.75) is 44.6 Å². The zero-order valence-corrected chi connectivity index (χ0v) is 16.2. The minimum atomic E-state index is 0.111. The smallest absolute Gasteiger partial charge is 0.219 e.